The van der Waals surface area contributed by atoms with Crippen molar-refractivity contribution in [3.63, 3.8) is 0 Å². The summed E-state index contributed by atoms with van der Waals surface area (Å²) in [5, 5.41) is 0. The Balaban J connectivity index is 1.88. The van der Waals surface area contributed by atoms with E-state index in [0.29, 0.717) is 50.0 Å². The quantitative estimate of drug-likeness (QED) is 0.322. The van der Waals surface area contributed by atoms with Crippen LogP contribution in [0.25, 0.3) is 6.08 Å². The predicted molar refractivity (Wildman–Crippen MR) is 142 cm³/mol. The van der Waals surface area contributed by atoms with Gasteiger partial charge in [0.1, 0.15) is 5.75 Å². The van der Waals surface area contributed by atoms with Crippen LogP contribution in [-0.4, -0.2) is 36.8 Å². The molecular weight excluding hydrogens is 508 g/mol. The summed E-state index contributed by atoms with van der Waals surface area (Å²) in [6, 6.07) is 11.5. The van der Waals surface area contributed by atoms with E-state index >= 15 is 0 Å². The van der Waals surface area contributed by atoms with Gasteiger partial charge in [-0.05, 0) is 62.2 Å². The fourth-order valence-corrected chi connectivity index (χ4v) is 5.21. The normalized spacial score (nSPS) is 15.0. The Hall–Kier alpha value is -4.18. The number of hydrogen-bond acceptors (Lipinski definition) is 9. The fraction of sp³-hybridized carbons (Fsp3) is 0.286. The first kappa shape index (κ1) is 26.9. The predicted octanol–water partition coefficient (Wildman–Crippen LogP) is 3.13. The summed E-state index contributed by atoms with van der Waals surface area (Å²) < 4.78 is 23.4. The maximum atomic E-state index is 13.8. The number of esters is 2. The first-order valence-electron chi connectivity index (χ1n) is 12.1. The molecule has 9 nitrogen and oxygen atoms in total. The van der Waals surface area contributed by atoms with E-state index in [1.807, 2.05) is 19.1 Å². The van der Waals surface area contributed by atoms with Crippen molar-refractivity contribution in [2.45, 2.75) is 33.7 Å². The topological polar surface area (TPSA) is 105 Å². The molecule has 38 heavy (non-hydrogen) atoms. The van der Waals surface area contributed by atoms with Crippen molar-refractivity contribution in [2.24, 2.45) is 4.99 Å². The standard InChI is InChI=1S/C28H28N2O7S/c1-6-35-22-14-18(8-13-21(22)37-17(4)31)15-23-26(32)30-25(19-9-11-20(34-5)12-10-19)24(27(33)36-7-2)16(3)29-28(30)38-23/h8-15,25H,6-7H2,1-5H3/b23-15-/t25-/m0/s1. The number of methoxy groups -OCH3 is 1. The van der Waals surface area contributed by atoms with Gasteiger partial charge in [-0.3, -0.25) is 14.2 Å². The number of allylic oxidation sites excluding steroid dienone is 1. The van der Waals surface area contributed by atoms with Crippen LogP contribution in [0.3, 0.4) is 0 Å². The van der Waals surface area contributed by atoms with Gasteiger partial charge in [0.25, 0.3) is 5.56 Å². The molecule has 2 aromatic carbocycles. The highest BCUT2D eigenvalue weighted by molar-refractivity contribution is 7.07. The number of thiazole rings is 1. The van der Waals surface area contributed by atoms with E-state index < -0.39 is 18.0 Å². The molecular formula is C28H28N2O7S. The van der Waals surface area contributed by atoms with E-state index in [0.717, 1.165) is 5.56 Å². The van der Waals surface area contributed by atoms with Crippen LogP contribution in [0, 0.1) is 0 Å². The van der Waals surface area contributed by atoms with Crippen molar-refractivity contribution in [1.29, 1.82) is 0 Å². The summed E-state index contributed by atoms with van der Waals surface area (Å²) in [4.78, 5) is 43.3. The van der Waals surface area contributed by atoms with E-state index in [9.17, 15) is 14.4 Å². The molecule has 1 aliphatic heterocycles. The second-order valence-electron chi connectivity index (χ2n) is 8.31. The van der Waals surface area contributed by atoms with Crippen molar-refractivity contribution >= 4 is 29.4 Å². The summed E-state index contributed by atoms with van der Waals surface area (Å²) in [6.45, 7) is 7.18. The molecule has 0 radical (unpaired) electrons. The number of carbonyl (C=O) groups is 2. The van der Waals surface area contributed by atoms with Crippen LogP contribution in [0.5, 0.6) is 17.2 Å². The molecule has 3 aromatic rings. The number of hydrogen-bond donors (Lipinski definition) is 0. The molecule has 2 heterocycles. The Morgan fingerprint density at radius 3 is 2.45 bits per heavy atom. The smallest absolute Gasteiger partial charge is 0.338 e. The summed E-state index contributed by atoms with van der Waals surface area (Å²) in [5.41, 5.74) is 1.89. The van der Waals surface area contributed by atoms with Crippen molar-refractivity contribution in [3.05, 3.63) is 84.5 Å². The summed E-state index contributed by atoms with van der Waals surface area (Å²) in [6.07, 6.45) is 1.72. The Morgan fingerprint density at radius 2 is 1.82 bits per heavy atom. The van der Waals surface area contributed by atoms with Crippen LogP contribution in [0.4, 0.5) is 0 Å². The van der Waals surface area contributed by atoms with Gasteiger partial charge in [0.15, 0.2) is 16.3 Å². The number of benzene rings is 2. The highest BCUT2D eigenvalue weighted by Gasteiger charge is 2.33. The van der Waals surface area contributed by atoms with Gasteiger partial charge >= 0.3 is 11.9 Å². The van der Waals surface area contributed by atoms with Gasteiger partial charge in [0, 0.05) is 6.92 Å². The van der Waals surface area contributed by atoms with Crippen LogP contribution in [0.15, 0.2) is 63.5 Å². The molecule has 198 valence electrons. The molecule has 0 saturated heterocycles. The third-order valence-corrected chi connectivity index (χ3v) is 6.75. The highest BCUT2D eigenvalue weighted by Crippen LogP contribution is 2.32. The first-order chi connectivity index (χ1) is 18.3. The Morgan fingerprint density at radius 1 is 1.08 bits per heavy atom. The molecule has 1 aliphatic rings. The zero-order valence-electron chi connectivity index (χ0n) is 21.8. The zero-order chi connectivity index (χ0) is 27.4. The maximum absolute atomic E-state index is 13.8. The molecule has 0 N–H and O–H groups in total. The molecule has 0 unspecified atom stereocenters. The number of ether oxygens (including phenoxy) is 4. The van der Waals surface area contributed by atoms with Crippen LogP contribution in [-0.2, 0) is 14.3 Å². The summed E-state index contributed by atoms with van der Waals surface area (Å²) in [5.74, 6) is 0.361. The van der Waals surface area contributed by atoms with Crippen LogP contribution < -0.4 is 29.1 Å². The molecule has 0 aliphatic carbocycles. The molecule has 0 saturated carbocycles. The highest BCUT2D eigenvalue weighted by atomic mass is 32.1. The molecule has 10 heteroatoms. The van der Waals surface area contributed by atoms with Crippen molar-refractivity contribution in [1.82, 2.24) is 4.57 Å². The number of aromatic nitrogens is 1. The Bertz CT molecular complexity index is 1580. The second kappa shape index (κ2) is 11.5. The van der Waals surface area contributed by atoms with Gasteiger partial charge in [-0.2, -0.15) is 0 Å². The number of carbonyl (C=O) groups excluding carboxylic acids is 2. The molecule has 0 bridgehead atoms. The third kappa shape index (κ3) is 5.40. The lowest BCUT2D eigenvalue weighted by molar-refractivity contribution is -0.139. The minimum absolute atomic E-state index is 0.195. The van der Waals surface area contributed by atoms with Gasteiger partial charge in [-0.1, -0.05) is 29.5 Å². The van der Waals surface area contributed by atoms with Crippen LogP contribution >= 0.6 is 11.3 Å². The van der Waals surface area contributed by atoms with Gasteiger partial charge in [-0.15, -0.1) is 0 Å². The molecule has 1 aromatic heterocycles. The second-order valence-corrected chi connectivity index (χ2v) is 9.32. The SMILES string of the molecule is CCOC(=O)C1=C(C)N=c2s/c(=C\c3ccc(OC(C)=O)c(OCC)c3)c(=O)n2[C@H]1c1ccc(OC)cc1. The van der Waals surface area contributed by atoms with Gasteiger partial charge in [0.05, 0.1) is 42.2 Å². The lowest BCUT2D eigenvalue weighted by Crippen LogP contribution is -2.39. The first-order valence-corrected chi connectivity index (χ1v) is 12.9. The monoisotopic (exact) mass is 536 g/mol. The maximum Gasteiger partial charge on any atom is 0.338 e. The van der Waals surface area contributed by atoms with E-state index in [1.54, 1.807) is 57.4 Å². The Labute approximate surface area is 223 Å². The molecule has 1 atom stereocenters. The molecule has 0 spiro atoms. The minimum Gasteiger partial charge on any atom is -0.497 e. The van der Waals surface area contributed by atoms with Crippen molar-refractivity contribution < 1.29 is 28.5 Å². The largest absolute Gasteiger partial charge is 0.497 e. The summed E-state index contributed by atoms with van der Waals surface area (Å²) in [7, 11) is 1.57. The Kier molecular flexibility index (Phi) is 8.11. The summed E-state index contributed by atoms with van der Waals surface area (Å²) >= 11 is 1.22. The minimum atomic E-state index is -0.719. The molecule has 0 fully saturated rings. The van der Waals surface area contributed by atoms with E-state index in [1.165, 1.54) is 22.8 Å². The molecule has 0 amide bonds. The van der Waals surface area contributed by atoms with Gasteiger partial charge in [-0.25, -0.2) is 9.79 Å². The van der Waals surface area contributed by atoms with E-state index in [-0.39, 0.29) is 12.2 Å². The van der Waals surface area contributed by atoms with Gasteiger partial charge in [0.2, 0.25) is 0 Å². The number of fused-ring (bicyclic) bond motifs is 1. The molecule has 4 rings (SSSR count). The number of rotatable bonds is 8. The number of nitrogens with zero attached hydrogens (tertiary/aromatic N) is 2. The van der Waals surface area contributed by atoms with Crippen molar-refractivity contribution in [3.8, 4) is 17.2 Å². The zero-order valence-corrected chi connectivity index (χ0v) is 22.6. The van der Waals surface area contributed by atoms with E-state index in [2.05, 4.69) is 4.99 Å². The van der Waals surface area contributed by atoms with E-state index in [4.69, 9.17) is 18.9 Å². The van der Waals surface area contributed by atoms with Crippen LogP contribution in [0.2, 0.25) is 0 Å². The lowest BCUT2D eigenvalue weighted by Gasteiger charge is -2.24. The van der Waals surface area contributed by atoms with Gasteiger partial charge < -0.3 is 18.9 Å². The van der Waals surface area contributed by atoms with Crippen LogP contribution in [0.1, 0.15) is 44.9 Å². The third-order valence-electron chi connectivity index (χ3n) is 5.77. The van der Waals surface area contributed by atoms with Crippen molar-refractivity contribution in [2.75, 3.05) is 20.3 Å². The average Bonchev–Trinajstić information content (AvgIpc) is 3.19. The lowest BCUT2D eigenvalue weighted by atomic mass is 9.96. The fourth-order valence-electron chi connectivity index (χ4n) is 4.17. The average molecular weight is 537 g/mol.